The highest BCUT2D eigenvalue weighted by Crippen LogP contribution is 2.43. The van der Waals surface area contributed by atoms with Gasteiger partial charge in [0.1, 0.15) is 0 Å². The number of alkyl halides is 3. The molecule has 2 aromatic heterocycles. The molecule has 0 bridgehead atoms. The molecule has 1 saturated heterocycles. The highest BCUT2D eigenvalue weighted by atomic mass is 19.4. The lowest BCUT2D eigenvalue weighted by Crippen LogP contribution is -2.47. The third-order valence-corrected chi connectivity index (χ3v) is 7.60. The monoisotopic (exact) mass is 450 g/mol. The van der Waals surface area contributed by atoms with Crippen LogP contribution < -0.4 is 0 Å². The molecule has 1 aliphatic heterocycles. The number of hydrogen-bond acceptors (Lipinski definition) is 3. The predicted octanol–water partition coefficient (Wildman–Crippen LogP) is 5.34. The van der Waals surface area contributed by atoms with E-state index in [0.29, 0.717) is 19.4 Å². The summed E-state index contributed by atoms with van der Waals surface area (Å²) in [5.74, 6) is -1.09. The van der Waals surface area contributed by atoms with Crippen molar-refractivity contribution in [2.75, 3.05) is 13.1 Å². The number of amides is 1. The lowest BCUT2D eigenvalue weighted by Gasteiger charge is -2.41. The van der Waals surface area contributed by atoms with Crippen molar-refractivity contribution in [3.05, 3.63) is 28.7 Å². The number of fused-ring (bicyclic) bond motifs is 1. The Morgan fingerprint density at radius 2 is 1.94 bits per heavy atom. The molecule has 1 atom stereocenters. The third kappa shape index (κ3) is 4.13. The van der Waals surface area contributed by atoms with Gasteiger partial charge in [-0.2, -0.15) is 18.3 Å². The maximum Gasteiger partial charge on any atom is 0.391 e. The molecule has 5 nitrogen and oxygen atoms in total. The lowest BCUT2D eigenvalue weighted by molar-refractivity contribution is -0.182. The molecule has 32 heavy (non-hydrogen) atoms. The molecule has 1 amide bonds. The SMILES string of the molecule is CCc1c(C)nc2cc(C3CCC(C(F)(F)F)CC3)nn2c1[C@@]1(C)CCCN(C(C)=O)C1. The predicted molar refractivity (Wildman–Crippen MR) is 117 cm³/mol. The second kappa shape index (κ2) is 8.34. The summed E-state index contributed by atoms with van der Waals surface area (Å²) < 4.78 is 41.2. The Bertz CT molecular complexity index is 1010. The Hall–Kier alpha value is -2.12. The summed E-state index contributed by atoms with van der Waals surface area (Å²) in [5, 5.41) is 4.93. The molecule has 0 aromatic carbocycles. The number of rotatable bonds is 3. The fraction of sp³-hybridized carbons (Fsp3) is 0.708. The van der Waals surface area contributed by atoms with Crippen LogP contribution in [-0.4, -0.2) is 44.7 Å². The number of hydrogen-bond donors (Lipinski definition) is 0. The first-order valence-electron chi connectivity index (χ1n) is 11.8. The number of likely N-dealkylation sites (tertiary alicyclic amines) is 1. The van der Waals surface area contributed by atoms with Crippen molar-refractivity contribution in [3.63, 3.8) is 0 Å². The molecule has 2 aliphatic rings. The van der Waals surface area contributed by atoms with Gasteiger partial charge >= 0.3 is 6.18 Å². The van der Waals surface area contributed by atoms with E-state index in [1.54, 1.807) is 6.92 Å². The first-order chi connectivity index (χ1) is 15.0. The second-order valence-electron chi connectivity index (χ2n) is 9.91. The average molecular weight is 451 g/mol. The number of carbonyl (C=O) groups is 1. The summed E-state index contributed by atoms with van der Waals surface area (Å²) >= 11 is 0. The van der Waals surface area contributed by atoms with E-state index in [-0.39, 0.29) is 30.1 Å². The van der Waals surface area contributed by atoms with E-state index < -0.39 is 12.1 Å². The topological polar surface area (TPSA) is 50.5 Å². The minimum atomic E-state index is -4.11. The summed E-state index contributed by atoms with van der Waals surface area (Å²) in [5.41, 5.74) is 4.56. The Labute approximate surface area is 187 Å². The zero-order valence-electron chi connectivity index (χ0n) is 19.4. The van der Waals surface area contributed by atoms with E-state index >= 15 is 0 Å². The Kier molecular flexibility index (Phi) is 6.01. The van der Waals surface area contributed by atoms with Crippen molar-refractivity contribution >= 4 is 11.6 Å². The van der Waals surface area contributed by atoms with E-state index in [1.165, 1.54) is 0 Å². The van der Waals surface area contributed by atoms with Gasteiger partial charge in [0.2, 0.25) is 5.91 Å². The molecule has 0 N–H and O–H groups in total. The molecule has 1 saturated carbocycles. The van der Waals surface area contributed by atoms with Crippen LogP contribution in [0.15, 0.2) is 6.07 Å². The molecular weight excluding hydrogens is 417 g/mol. The van der Waals surface area contributed by atoms with Crippen molar-refractivity contribution in [2.45, 2.75) is 90.1 Å². The highest BCUT2D eigenvalue weighted by molar-refractivity contribution is 5.73. The Morgan fingerprint density at radius 1 is 1.25 bits per heavy atom. The van der Waals surface area contributed by atoms with Gasteiger partial charge in [-0.15, -0.1) is 0 Å². The Morgan fingerprint density at radius 3 is 2.53 bits per heavy atom. The van der Waals surface area contributed by atoms with E-state index in [9.17, 15) is 18.0 Å². The number of carbonyl (C=O) groups excluding carboxylic acids is 1. The number of aromatic nitrogens is 3. The number of piperidine rings is 1. The minimum Gasteiger partial charge on any atom is -0.342 e. The zero-order valence-corrected chi connectivity index (χ0v) is 19.4. The largest absolute Gasteiger partial charge is 0.391 e. The maximum atomic E-state index is 13.1. The second-order valence-corrected chi connectivity index (χ2v) is 9.91. The van der Waals surface area contributed by atoms with Crippen LogP contribution >= 0.6 is 0 Å². The minimum absolute atomic E-state index is 0.0291. The van der Waals surface area contributed by atoms with Crippen LogP contribution in [0.1, 0.15) is 87.9 Å². The van der Waals surface area contributed by atoms with E-state index in [2.05, 4.69) is 13.8 Å². The fourth-order valence-corrected chi connectivity index (χ4v) is 5.83. The van der Waals surface area contributed by atoms with Gasteiger partial charge in [-0.3, -0.25) is 4.79 Å². The summed E-state index contributed by atoms with van der Waals surface area (Å²) in [6, 6.07) is 1.96. The first kappa shape index (κ1) is 23.1. The number of nitrogens with zero attached hydrogens (tertiary/aromatic N) is 4. The van der Waals surface area contributed by atoms with E-state index in [1.807, 2.05) is 22.4 Å². The van der Waals surface area contributed by atoms with Crippen LogP contribution in [0.25, 0.3) is 5.65 Å². The lowest BCUT2D eigenvalue weighted by atomic mass is 9.76. The van der Waals surface area contributed by atoms with Crippen molar-refractivity contribution in [2.24, 2.45) is 5.92 Å². The standard InChI is InChI=1S/C24H33F3N4O/c1-5-19-15(2)28-21-13-20(17-7-9-18(10-8-17)24(25,26)27)29-31(21)22(19)23(4)11-6-12-30(14-23)16(3)32/h13,17-18H,5-12,14H2,1-4H3/t17?,18?,23-/m0/s1. The van der Waals surface area contributed by atoms with Gasteiger partial charge in [0, 0.05) is 43.1 Å². The van der Waals surface area contributed by atoms with Gasteiger partial charge in [0.25, 0.3) is 0 Å². The van der Waals surface area contributed by atoms with Gasteiger partial charge in [-0.1, -0.05) is 13.8 Å². The number of aryl methyl sites for hydroxylation is 1. The summed E-state index contributed by atoms with van der Waals surface area (Å²) in [4.78, 5) is 18.8. The molecule has 4 rings (SSSR count). The molecule has 0 spiro atoms. The normalized spacial score (nSPS) is 27.2. The van der Waals surface area contributed by atoms with Gasteiger partial charge < -0.3 is 4.90 Å². The molecule has 176 valence electrons. The first-order valence-corrected chi connectivity index (χ1v) is 11.8. The molecule has 0 unspecified atom stereocenters. The highest BCUT2D eigenvalue weighted by Gasteiger charge is 2.42. The van der Waals surface area contributed by atoms with Crippen molar-refractivity contribution < 1.29 is 18.0 Å². The summed E-state index contributed by atoms with van der Waals surface area (Å²) in [6.07, 6.45) is -0.0993. The summed E-state index contributed by atoms with van der Waals surface area (Å²) in [6.45, 7) is 9.34. The van der Waals surface area contributed by atoms with Gasteiger partial charge in [-0.25, -0.2) is 9.50 Å². The van der Waals surface area contributed by atoms with Crippen LogP contribution in [-0.2, 0) is 16.6 Å². The molecule has 3 heterocycles. The molecule has 1 aliphatic carbocycles. The third-order valence-electron chi connectivity index (χ3n) is 7.60. The Balaban J connectivity index is 1.73. The van der Waals surface area contributed by atoms with Crippen LogP contribution in [0, 0.1) is 12.8 Å². The van der Waals surface area contributed by atoms with E-state index in [4.69, 9.17) is 10.1 Å². The molecule has 2 fully saturated rings. The molecule has 0 radical (unpaired) electrons. The molecular formula is C24H33F3N4O. The smallest absolute Gasteiger partial charge is 0.342 e. The van der Waals surface area contributed by atoms with Gasteiger partial charge in [-0.05, 0) is 57.4 Å². The molecule has 2 aromatic rings. The summed E-state index contributed by atoms with van der Waals surface area (Å²) in [7, 11) is 0. The van der Waals surface area contributed by atoms with Crippen LogP contribution in [0.5, 0.6) is 0 Å². The van der Waals surface area contributed by atoms with Gasteiger partial charge in [0.15, 0.2) is 5.65 Å². The number of halogens is 3. The van der Waals surface area contributed by atoms with Crippen molar-refractivity contribution in [1.29, 1.82) is 0 Å². The maximum absolute atomic E-state index is 13.1. The van der Waals surface area contributed by atoms with Crippen LogP contribution in [0.3, 0.4) is 0 Å². The van der Waals surface area contributed by atoms with Crippen molar-refractivity contribution in [1.82, 2.24) is 19.5 Å². The quantitative estimate of drug-likeness (QED) is 0.635. The fourth-order valence-electron chi connectivity index (χ4n) is 5.83. The van der Waals surface area contributed by atoms with Gasteiger partial charge in [0.05, 0.1) is 17.3 Å². The van der Waals surface area contributed by atoms with Crippen molar-refractivity contribution in [3.8, 4) is 0 Å². The zero-order chi connectivity index (χ0) is 23.3. The average Bonchev–Trinajstić information content (AvgIpc) is 3.15. The molecule has 8 heteroatoms. The van der Waals surface area contributed by atoms with Crippen LogP contribution in [0.4, 0.5) is 13.2 Å². The van der Waals surface area contributed by atoms with E-state index in [0.717, 1.165) is 54.1 Å². The van der Waals surface area contributed by atoms with Crippen LogP contribution in [0.2, 0.25) is 0 Å².